The molecule has 0 radical (unpaired) electrons. The number of hydrogen-bond donors (Lipinski definition) is 3. The smallest absolute Gasteiger partial charge is 0.311 e. The number of carbonyl (C=O) groups is 3. The molecule has 3 N–H and O–H groups in total. The van der Waals surface area contributed by atoms with Crippen molar-refractivity contribution in [1.29, 1.82) is 0 Å². The molecule has 0 bridgehead atoms. The Hall–Kier alpha value is -2.85. The fourth-order valence-corrected chi connectivity index (χ4v) is 3.40. The SMILES string of the molecule is CCC(C)(CC(C)(C)C(=O)OCC1CO1)C(=O)OCC(O)COC(=O)Cc1ccc(O)c(O)c1. The number of hydrogen-bond acceptors (Lipinski definition) is 10. The zero-order valence-corrected chi connectivity index (χ0v) is 20.0. The lowest BCUT2D eigenvalue weighted by molar-refractivity contribution is -0.166. The van der Waals surface area contributed by atoms with Crippen molar-refractivity contribution in [3.63, 3.8) is 0 Å². The van der Waals surface area contributed by atoms with Crippen molar-refractivity contribution >= 4 is 17.9 Å². The van der Waals surface area contributed by atoms with Gasteiger partial charge < -0.3 is 34.3 Å². The highest BCUT2D eigenvalue weighted by atomic mass is 16.6. The first kappa shape index (κ1) is 27.4. The van der Waals surface area contributed by atoms with Crippen molar-refractivity contribution in [2.45, 2.75) is 59.2 Å². The van der Waals surface area contributed by atoms with E-state index in [-0.39, 0.29) is 50.3 Å². The van der Waals surface area contributed by atoms with Crippen LogP contribution in [0.3, 0.4) is 0 Å². The molecule has 190 valence electrons. The lowest BCUT2D eigenvalue weighted by Gasteiger charge is -2.33. The molecule has 0 saturated carbocycles. The number of phenols is 2. The Kier molecular flexibility index (Phi) is 9.29. The van der Waals surface area contributed by atoms with Crippen LogP contribution in [0.5, 0.6) is 11.5 Å². The summed E-state index contributed by atoms with van der Waals surface area (Å²) in [6.45, 7) is 6.89. The molecule has 3 unspecified atom stereocenters. The van der Waals surface area contributed by atoms with Crippen molar-refractivity contribution < 1.29 is 48.7 Å². The molecule has 1 aromatic rings. The van der Waals surface area contributed by atoms with Gasteiger partial charge in [0.1, 0.15) is 32.0 Å². The van der Waals surface area contributed by atoms with E-state index < -0.39 is 34.8 Å². The summed E-state index contributed by atoms with van der Waals surface area (Å²) in [6, 6.07) is 3.94. The molecule has 1 aromatic carbocycles. The van der Waals surface area contributed by atoms with Crippen LogP contribution in [0.2, 0.25) is 0 Å². The molecule has 10 nitrogen and oxygen atoms in total. The first-order chi connectivity index (χ1) is 15.9. The Labute approximate surface area is 198 Å². The summed E-state index contributed by atoms with van der Waals surface area (Å²) in [5, 5.41) is 28.8. The van der Waals surface area contributed by atoms with Crippen LogP contribution >= 0.6 is 0 Å². The Morgan fingerprint density at radius 1 is 1.06 bits per heavy atom. The van der Waals surface area contributed by atoms with E-state index in [1.54, 1.807) is 27.7 Å². The van der Waals surface area contributed by atoms with Crippen molar-refractivity contribution in [2.24, 2.45) is 10.8 Å². The molecule has 0 aliphatic carbocycles. The molecule has 1 heterocycles. The summed E-state index contributed by atoms with van der Waals surface area (Å²) in [6.07, 6.45) is -0.875. The maximum atomic E-state index is 12.8. The number of phenolic OH excluding ortho intramolecular Hbond substituents is 2. The van der Waals surface area contributed by atoms with Crippen molar-refractivity contribution in [3.05, 3.63) is 23.8 Å². The molecule has 3 atom stereocenters. The predicted molar refractivity (Wildman–Crippen MR) is 119 cm³/mol. The summed E-state index contributed by atoms with van der Waals surface area (Å²) < 4.78 is 20.6. The van der Waals surface area contributed by atoms with E-state index in [1.165, 1.54) is 18.2 Å². The maximum Gasteiger partial charge on any atom is 0.311 e. The van der Waals surface area contributed by atoms with E-state index in [0.717, 1.165) is 0 Å². The number of esters is 3. The third-order valence-corrected chi connectivity index (χ3v) is 5.69. The highest BCUT2D eigenvalue weighted by molar-refractivity contribution is 5.80. The van der Waals surface area contributed by atoms with Gasteiger partial charge in [-0.3, -0.25) is 14.4 Å². The number of epoxide rings is 1. The van der Waals surface area contributed by atoms with Gasteiger partial charge in [-0.1, -0.05) is 13.0 Å². The molecular weight excluding hydrogens is 448 g/mol. The van der Waals surface area contributed by atoms with Crippen LogP contribution < -0.4 is 0 Å². The van der Waals surface area contributed by atoms with Gasteiger partial charge in [0.15, 0.2) is 11.5 Å². The number of benzene rings is 1. The van der Waals surface area contributed by atoms with Crippen LogP contribution in [-0.4, -0.2) is 71.9 Å². The summed E-state index contributed by atoms with van der Waals surface area (Å²) in [5.41, 5.74) is -1.50. The average Bonchev–Trinajstić information content (AvgIpc) is 3.61. The minimum Gasteiger partial charge on any atom is -0.504 e. The van der Waals surface area contributed by atoms with Gasteiger partial charge in [-0.05, 0) is 51.3 Å². The third kappa shape index (κ3) is 8.18. The Morgan fingerprint density at radius 2 is 1.71 bits per heavy atom. The van der Waals surface area contributed by atoms with Crippen LogP contribution in [0.1, 0.15) is 46.1 Å². The number of aliphatic hydroxyl groups excluding tert-OH is 1. The van der Waals surface area contributed by atoms with Crippen molar-refractivity contribution in [2.75, 3.05) is 26.4 Å². The molecule has 1 saturated heterocycles. The Bertz CT molecular complexity index is 877. The highest BCUT2D eigenvalue weighted by Crippen LogP contribution is 2.38. The van der Waals surface area contributed by atoms with Crippen LogP contribution in [0.4, 0.5) is 0 Å². The van der Waals surface area contributed by atoms with E-state index in [4.69, 9.17) is 18.9 Å². The van der Waals surface area contributed by atoms with Gasteiger partial charge in [-0.2, -0.15) is 0 Å². The minimum absolute atomic E-state index is 0.0499. The molecule has 0 aromatic heterocycles. The van der Waals surface area contributed by atoms with E-state index in [0.29, 0.717) is 18.6 Å². The molecule has 2 rings (SSSR count). The number of rotatable bonds is 13. The number of ether oxygens (including phenoxy) is 4. The Morgan fingerprint density at radius 3 is 2.29 bits per heavy atom. The lowest BCUT2D eigenvalue weighted by Crippen LogP contribution is -2.40. The third-order valence-electron chi connectivity index (χ3n) is 5.69. The molecule has 1 aliphatic rings. The predicted octanol–water partition coefficient (Wildman–Crippen LogP) is 1.86. The van der Waals surface area contributed by atoms with E-state index in [1.807, 2.05) is 0 Å². The van der Waals surface area contributed by atoms with Gasteiger partial charge >= 0.3 is 17.9 Å². The number of carbonyl (C=O) groups excluding carboxylic acids is 3. The molecule has 10 heteroatoms. The molecular formula is C24H34O10. The zero-order valence-electron chi connectivity index (χ0n) is 20.0. The van der Waals surface area contributed by atoms with Gasteiger partial charge in [-0.25, -0.2) is 0 Å². The monoisotopic (exact) mass is 482 g/mol. The van der Waals surface area contributed by atoms with Crippen LogP contribution in [0.25, 0.3) is 0 Å². The van der Waals surface area contributed by atoms with E-state index in [9.17, 15) is 29.7 Å². The van der Waals surface area contributed by atoms with Gasteiger partial charge in [0.05, 0.1) is 23.9 Å². The van der Waals surface area contributed by atoms with Crippen molar-refractivity contribution in [1.82, 2.24) is 0 Å². The van der Waals surface area contributed by atoms with Gasteiger partial charge in [-0.15, -0.1) is 0 Å². The van der Waals surface area contributed by atoms with Crippen molar-refractivity contribution in [3.8, 4) is 11.5 Å². The van der Waals surface area contributed by atoms with E-state index in [2.05, 4.69) is 0 Å². The van der Waals surface area contributed by atoms with Gasteiger partial charge in [0, 0.05) is 0 Å². The van der Waals surface area contributed by atoms with Gasteiger partial charge in [0.2, 0.25) is 0 Å². The summed E-state index contributed by atoms with van der Waals surface area (Å²) in [7, 11) is 0. The summed E-state index contributed by atoms with van der Waals surface area (Å²) in [5.74, 6) is -2.33. The number of aliphatic hydroxyl groups is 1. The largest absolute Gasteiger partial charge is 0.504 e. The quantitative estimate of drug-likeness (QED) is 0.164. The summed E-state index contributed by atoms with van der Waals surface area (Å²) >= 11 is 0. The average molecular weight is 483 g/mol. The minimum atomic E-state index is -1.24. The second-order valence-electron chi connectivity index (χ2n) is 9.46. The summed E-state index contributed by atoms with van der Waals surface area (Å²) in [4.78, 5) is 37.1. The van der Waals surface area contributed by atoms with Crippen LogP contribution in [-0.2, 0) is 39.8 Å². The molecule has 0 spiro atoms. The second kappa shape index (κ2) is 11.5. The fourth-order valence-electron chi connectivity index (χ4n) is 3.40. The van der Waals surface area contributed by atoms with E-state index >= 15 is 0 Å². The first-order valence-electron chi connectivity index (χ1n) is 11.2. The lowest BCUT2D eigenvalue weighted by atomic mass is 9.72. The van der Waals surface area contributed by atoms with Crippen LogP contribution in [0, 0.1) is 10.8 Å². The highest BCUT2D eigenvalue weighted by Gasteiger charge is 2.43. The molecule has 0 amide bonds. The second-order valence-corrected chi connectivity index (χ2v) is 9.46. The maximum absolute atomic E-state index is 12.8. The molecule has 34 heavy (non-hydrogen) atoms. The first-order valence-corrected chi connectivity index (χ1v) is 11.2. The molecule has 1 aliphatic heterocycles. The standard InChI is InChI=1S/C24H34O10/c1-5-24(4,14-23(2,3)21(29)34-13-17-12-31-17)22(30)33-11-16(25)10-32-20(28)9-15-6-7-18(26)19(27)8-15/h6-8,16-17,25-27H,5,9-14H2,1-4H3. The topological polar surface area (TPSA) is 152 Å². The fraction of sp³-hybridized carbons (Fsp3) is 0.625. The van der Waals surface area contributed by atoms with Crippen LogP contribution in [0.15, 0.2) is 18.2 Å². The molecule has 1 fully saturated rings. The Balaban J connectivity index is 1.79. The normalized spacial score (nSPS) is 17.9. The zero-order chi connectivity index (χ0) is 25.5. The number of aromatic hydroxyl groups is 2. The van der Waals surface area contributed by atoms with Gasteiger partial charge in [0.25, 0.3) is 0 Å².